The maximum absolute atomic E-state index is 9.02. The molecule has 1 aliphatic carbocycles. The highest BCUT2D eigenvalue weighted by Gasteiger charge is 2.25. The normalized spacial score (nSPS) is 27.2. The van der Waals surface area contributed by atoms with E-state index >= 15 is 0 Å². The minimum Gasteiger partial charge on any atom is -0.396 e. The van der Waals surface area contributed by atoms with Crippen molar-refractivity contribution >= 4 is 0 Å². The zero-order valence-electron chi connectivity index (χ0n) is 8.21. The van der Waals surface area contributed by atoms with Gasteiger partial charge in [-0.2, -0.15) is 0 Å². The molecule has 1 rings (SSSR count). The molecule has 0 heterocycles. The van der Waals surface area contributed by atoms with Crippen LogP contribution in [-0.4, -0.2) is 35.5 Å². The van der Waals surface area contributed by atoms with Crippen LogP contribution in [0.25, 0.3) is 0 Å². The van der Waals surface area contributed by atoms with Crippen molar-refractivity contribution in [2.24, 2.45) is 0 Å². The first kappa shape index (κ1) is 11.0. The van der Waals surface area contributed by atoms with Gasteiger partial charge in [-0.25, -0.2) is 0 Å². The quantitative estimate of drug-likeness (QED) is 0.513. The molecule has 0 atom stereocenters. The van der Waals surface area contributed by atoms with Crippen LogP contribution in [0, 0.1) is 0 Å². The van der Waals surface area contributed by atoms with Crippen LogP contribution in [0.5, 0.6) is 0 Å². The first-order valence-electron chi connectivity index (χ1n) is 5.35. The number of aliphatic hydroxyl groups excluding tert-OH is 2. The molecule has 3 heteroatoms. The summed E-state index contributed by atoms with van der Waals surface area (Å²) < 4.78 is 0. The molecule has 0 aromatic heterocycles. The molecule has 0 radical (unpaired) electrons. The van der Waals surface area contributed by atoms with Gasteiger partial charge in [0.05, 0.1) is 6.10 Å². The second kappa shape index (κ2) is 6.35. The molecule has 0 saturated heterocycles. The maximum Gasteiger partial charge on any atom is 0.0570 e. The fourth-order valence-electron chi connectivity index (χ4n) is 1.65. The fraction of sp³-hybridized carbons (Fsp3) is 1.00. The van der Waals surface area contributed by atoms with Gasteiger partial charge < -0.3 is 15.5 Å². The fourth-order valence-corrected chi connectivity index (χ4v) is 1.65. The standard InChI is InChI=1S/C10H21NO2/c12-6-4-2-1-3-5-11-9-7-10(13)8-9/h9-13H,1-8H2. The molecular weight excluding hydrogens is 166 g/mol. The molecule has 0 spiro atoms. The van der Waals surface area contributed by atoms with Crippen LogP contribution >= 0.6 is 0 Å². The molecule has 0 unspecified atom stereocenters. The van der Waals surface area contributed by atoms with Crippen LogP contribution in [0.1, 0.15) is 38.5 Å². The highest BCUT2D eigenvalue weighted by molar-refractivity contribution is 4.84. The van der Waals surface area contributed by atoms with E-state index in [1.54, 1.807) is 0 Å². The first-order chi connectivity index (χ1) is 6.33. The lowest BCUT2D eigenvalue weighted by Crippen LogP contribution is -2.44. The molecule has 0 bridgehead atoms. The Morgan fingerprint density at radius 1 is 1.08 bits per heavy atom. The van der Waals surface area contributed by atoms with Gasteiger partial charge in [0, 0.05) is 12.6 Å². The van der Waals surface area contributed by atoms with Crippen LogP contribution in [-0.2, 0) is 0 Å². The Morgan fingerprint density at radius 2 is 1.77 bits per heavy atom. The first-order valence-corrected chi connectivity index (χ1v) is 5.35. The van der Waals surface area contributed by atoms with Crippen molar-refractivity contribution in [1.29, 1.82) is 0 Å². The number of nitrogens with one attached hydrogen (secondary N) is 1. The summed E-state index contributed by atoms with van der Waals surface area (Å²) in [7, 11) is 0. The Bertz CT molecular complexity index is 124. The minimum absolute atomic E-state index is 0.0492. The highest BCUT2D eigenvalue weighted by Crippen LogP contribution is 2.19. The third-order valence-corrected chi connectivity index (χ3v) is 2.63. The summed E-state index contributed by atoms with van der Waals surface area (Å²) in [5.74, 6) is 0. The van der Waals surface area contributed by atoms with Gasteiger partial charge in [0.1, 0.15) is 0 Å². The summed E-state index contributed by atoms with van der Waals surface area (Å²) in [5.41, 5.74) is 0. The van der Waals surface area contributed by atoms with Crippen molar-refractivity contribution in [2.75, 3.05) is 13.2 Å². The lowest BCUT2D eigenvalue weighted by molar-refractivity contribution is 0.0626. The van der Waals surface area contributed by atoms with Crippen molar-refractivity contribution in [2.45, 2.75) is 50.7 Å². The number of aliphatic hydroxyl groups is 2. The van der Waals surface area contributed by atoms with E-state index in [0.717, 1.165) is 32.2 Å². The summed E-state index contributed by atoms with van der Waals surface area (Å²) in [6, 6.07) is 0.563. The molecule has 0 aromatic carbocycles. The predicted octanol–water partition coefficient (Wildman–Crippen LogP) is 0.652. The van der Waals surface area contributed by atoms with Gasteiger partial charge in [0.2, 0.25) is 0 Å². The monoisotopic (exact) mass is 187 g/mol. The molecule has 0 amide bonds. The van der Waals surface area contributed by atoms with E-state index < -0.39 is 0 Å². The third-order valence-electron chi connectivity index (χ3n) is 2.63. The zero-order chi connectivity index (χ0) is 9.52. The van der Waals surface area contributed by atoms with Gasteiger partial charge in [0.15, 0.2) is 0 Å². The molecule has 3 nitrogen and oxygen atoms in total. The van der Waals surface area contributed by atoms with Crippen LogP contribution in [0.4, 0.5) is 0 Å². The lowest BCUT2D eigenvalue weighted by Gasteiger charge is -2.32. The SMILES string of the molecule is OCCCCCCNC1CC(O)C1. The zero-order valence-corrected chi connectivity index (χ0v) is 8.21. The summed E-state index contributed by atoms with van der Waals surface area (Å²) in [5, 5.41) is 21.0. The molecule has 3 N–H and O–H groups in total. The predicted molar refractivity (Wildman–Crippen MR) is 52.6 cm³/mol. The maximum atomic E-state index is 9.02. The Hall–Kier alpha value is -0.120. The van der Waals surface area contributed by atoms with E-state index in [0.29, 0.717) is 12.6 Å². The van der Waals surface area contributed by atoms with Gasteiger partial charge in [-0.3, -0.25) is 0 Å². The van der Waals surface area contributed by atoms with E-state index in [2.05, 4.69) is 5.32 Å². The Labute approximate surface area is 80.2 Å². The number of unbranched alkanes of at least 4 members (excludes halogenated alkanes) is 3. The average Bonchev–Trinajstić information content (AvgIpc) is 2.07. The number of rotatable bonds is 7. The summed E-state index contributed by atoms with van der Waals surface area (Å²) in [4.78, 5) is 0. The van der Waals surface area contributed by atoms with Crippen molar-refractivity contribution in [1.82, 2.24) is 5.32 Å². The minimum atomic E-state index is -0.0492. The lowest BCUT2D eigenvalue weighted by atomic mass is 9.89. The molecule has 0 aliphatic heterocycles. The Kier molecular flexibility index (Phi) is 5.35. The van der Waals surface area contributed by atoms with Gasteiger partial charge in [-0.05, 0) is 32.2 Å². The van der Waals surface area contributed by atoms with E-state index in [1.807, 2.05) is 0 Å². The van der Waals surface area contributed by atoms with Gasteiger partial charge in [-0.15, -0.1) is 0 Å². The molecule has 1 aliphatic rings. The molecule has 1 fully saturated rings. The van der Waals surface area contributed by atoms with Crippen molar-refractivity contribution in [3.05, 3.63) is 0 Å². The Morgan fingerprint density at radius 3 is 2.38 bits per heavy atom. The van der Waals surface area contributed by atoms with Gasteiger partial charge in [0.25, 0.3) is 0 Å². The average molecular weight is 187 g/mol. The van der Waals surface area contributed by atoms with Crippen LogP contribution < -0.4 is 5.32 Å². The van der Waals surface area contributed by atoms with E-state index in [-0.39, 0.29) is 6.10 Å². The van der Waals surface area contributed by atoms with Crippen molar-refractivity contribution in [3.63, 3.8) is 0 Å². The molecule has 1 saturated carbocycles. The largest absolute Gasteiger partial charge is 0.396 e. The summed E-state index contributed by atoms with van der Waals surface area (Å²) in [6.07, 6.45) is 6.25. The van der Waals surface area contributed by atoms with Crippen LogP contribution in [0.3, 0.4) is 0 Å². The molecule has 0 aromatic rings. The molecule has 13 heavy (non-hydrogen) atoms. The van der Waals surface area contributed by atoms with Crippen molar-refractivity contribution in [3.8, 4) is 0 Å². The number of hydrogen-bond donors (Lipinski definition) is 3. The smallest absolute Gasteiger partial charge is 0.0570 e. The van der Waals surface area contributed by atoms with Gasteiger partial charge in [-0.1, -0.05) is 12.8 Å². The Balaban J connectivity index is 1.74. The van der Waals surface area contributed by atoms with E-state index in [4.69, 9.17) is 10.2 Å². The highest BCUT2D eigenvalue weighted by atomic mass is 16.3. The second-order valence-electron chi connectivity index (χ2n) is 3.91. The van der Waals surface area contributed by atoms with Crippen LogP contribution in [0.15, 0.2) is 0 Å². The summed E-state index contributed by atoms with van der Waals surface area (Å²) >= 11 is 0. The molecule has 78 valence electrons. The topological polar surface area (TPSA) is 52.5 Å². The summed E-state index contributed by atoms with van der Waals surface area (Å²) in [6.45, 7) is 1.38. The van der Waals surface area contributed by atoms with E-state index in [1.165, 1.54) is 12.8 Å². The van der Waals surface area contributed by atoms with Crippen LogP contribution in [0.2, 0.25) is 0 Å². The third kappa shape index (κ3) is 4.60. The number of hydrogen-bond acceptors (Lipinski definition) is 3. The second-order valence-corrected chi connectivity index (χ2v) is 3.91. The van der Waals surface area contributed by atoms with Gasteiger partial charge >= 0.3 is 0 Å². The van der Waals surface area contributed by atoms with E-state index in [9.17, 15) is 0 Å². The van der Waals surface area contributed by atoms with Crippen molar-refractivity contribution < 1.29 is 10.2 Å². The molecular formula is C10H21NO2.